The van der Waals surface area contributed by atoms with E-state index < -0.39 is 0 Å². The lowest BCUT2D eigenvalue weighted by Gasteiger charge is -2.26. The van der Waals surface area contributed by atoms with Gasteiger partial charge in [-0.2, -0.15) is 0 Å². The number of rotatable bonds is 6. The molecule has 0 aliphatic carbocycles. The average molecular weight is 377 g/mol. The van der Waals surface area contributed by atoms with Crippen molar-refractivity contribution in [1.29, 1.82) is 5.41 Å². The highest BCUT2D eigenvalue weighted by atomic mass is 16.1. The third-order valence-electron chi connectivity index (χ3n) is 4.94. The van der Waals surface area contributed by atoms with Gasteiger partial charge in [-0.05, 0) is 67.4 Å². The monoisotopic (exact) mass is 377 g/mol. The average Bonchev–Trinajstić information content (AvgIpc) is 2.73. The molecule has 0 saturated carbocycles. The SMILES string of the molecule is CNCCc1ccc(NC(=O)c2ccc(C3=CCN(C(=N)N)CC3)cc2)cc1. The zero-order valence-corrected chi connectivity index (χ0v) is 16.2. The maximum absolute atomic E-state index is 12.5. The number of carbonyl (C=O) groups is 1. The summed E-state index contributed by atoms with van der Waals surface area (Å²) in [6, 6.07) is 15.6. The number of benzene rings is 2. The lowest BCUT2D eigenvalue weighted by molar-refractivity contribution is 0.102. The number of hydrogen-bond donors (Lipinski definition) is 4. The van der Waals surface area contributed by atoms with Crippen LogP contribution in [0.1, 0.15) is 27.9 Å². The number of nitrogens with two attached hydrogens (primary N) is 1. The van der Waals surface area contributed by atoms with Crippen LogP contribution in [0.5, 0.6) is 0 Å². The van der Waals surface area contributed by atoms with Crippen molar-refractivity contribution in [2.24, 2.45) is 5.73 Å². The Hall–Kier alpha value is -3.12. The second kappa shape index (κ2) is 9.19. The van der Waals surface area contributed by atoms with Crippen LogP contribution in [0.15, 0.2) is 54.6 Å². The van der Waals surface area contributed by atoms with Gasteiger partial charge in [0.15, 0.2) is 5.96 Å². The minimum atomic E-state index is -0.116. The van der Waals surface area contributed by atoms with Crippen LogP contribution >= 0.6 is 0 Å². The van der Waals surface area contributed by atoms with Gasteiger partial charge in [0.2, 0.25) is 0 Å². The Balaban J connectivity index is 1.60. The van der Waals surface area contributed by atoms with Gasteiger partial charge in [-0.15, -0.1) is 0 Å². The topological polar surface area (TPSA) is 94.2 Å². The van der Waals surface area contributed by atoms with Gasteiger partial charge in [0.25, 0.3) is 5.91 Å². The van der Waals surface area contributed by atoms with Gasteiger partial charge in [-0.3, -0.25) is 10.2 Å². The summed E-state index contributed by atoms with van der Waals surface area (Å²) in [5.41, 5.74) is 10.5. The largest absolute Gasteiger partial charge is 0.370 e. The molecule has 0 fully saturated rings. The number of nitrogens with one attached hydrogen (secondary N) is 3. The van der Waals surface area contributed by atoms with Crippen LogP contribution in [0.4, 0.5) is 5.69 Å². The normalized spacial score (nSPS) is 13.8. The molecule has 6 heteroatoms. The zero-order chi connectivity index (χ0) is 19.9. The molecule has 1 heterocycles. The van der Waals surface area contributed by atoms with E-state index in [1.54, 1.807) is 0 Å². The summed E-state index contributed by atoms with van der Waals surface area (Å²) in [5.74, 6) is -0.00714. The third kappa shape index (κ3) is 4.98. The Morgan fingerprint density at radius 2 is 1.86 bits per heavy atom. The first-order valence-electron chi connectivity index (χ1n) is 9.50. The molecule has 0 spiro atoms. The Morgan fingerprint density at radius 3 is 2.43 bits per heavy atom. The summed E-state index contributed by atoms with van der Waals surface area (Å²) < 4.78 is 0. The molecular weight excluding hydrogens is 350 g/mol. The molecule has 0 aromatic heterocycles. The van der Waals surface area contributed by atoms with Crippen LogP contribution < -0.4 is 16.4 Å². The molecular formula is C22H27N5O. The van der Waals surface area contributed by atoms with E-state index in [2.05, 4.69) is 16.7 Å². The van der Waals surface area contributed by atoms with Crippen molar-refractivity contribution in [1.82, 2.24) is 10.2 Å². The van der Waals surface area contributed by atoms with E-state index in [-0.39, 0.29) is 11.9 Å². The van der Waals surface area contributed by atoms with Gasteiger partial charge in [-0.25, -0.2) is 0 Å². The van der Waals surface area contributed by atoms with E-state index in [0.717, 1.165) is 37.2 Å². The summed E-state index contributed by atoms with van der Waals surface area (Å²) in [7, 11) is 1.94. The van der Waals surface area contributed by atoms with Crippen molar-refractivity contribution in [3.8, 4) is 0 Å². The lowest BCUT2D eigenvalue weighted by Crippen LogP contribution is -2.39. The van der Waals surface area contributed by atoms with E-state index >= 15 is 0 Å². The minimum absolute atomic E-state index is 0.109. The number of nitrogens with zero attached hydrogens (tertiary/aromatic N) is 1. The Labute approximate surface area is 165 Å². The smallest absolute Gasteiger partial charge is 0.255 e. The molecule has 2 aromatic carbocycles. The molecule has 6 nitrogen and oxygen atoms in total. The number of likely N-dealkylation sites (N-methyl/N-ethyl adjacent to an activating group) is 1. The van der Waals surface area contributed by atoms with Crippen LogP contribution in [-0.2, 0) is 6.42 Å². The van der Waals surface area contributed by atoms with E-state index in [0.29, 0.717) is 12.1 Å². The quantitative estimate of drug-likeness (QED) is 0.460. The molecule has 0 unspecified atom stereocenters. The fourth-order valence-corrected chi connectivity index (χ4v) is 3.21. The highest BCUT2D eigenvalue weighted by Gasteiger charge is 2.14. The third-order valence-corrected chi connectivity index (χ3v) is 4.94. The first kappa shape index (κ1) is 19.6. The number of hydrogen-bond acceptors (Lipinski definition) is 3. The van der Waals surface area contributed by atoms with Crippen molar-refractivity contribution >= 4 is 23.1 Å². The maximum Gasteiger partial charge on any atom is 0.255 e. The molecule has 0 saturated heterocycles. The van der Waals surface area contributed by atoms with Crippen LogP contribution in [0.25, 0.3) is 5.57 Å². The van der Waals surface area contributed by atoms with Crippen molar-refractivity contribution < 1.29 is 4.79 Å². The molecule has 1 aliphatic heterocycles. The van der Waals surface area contributed by atoms with Gasteiger partial charge in [0.05, 0.1) is 0 Å². The molecule has 1 amide bonds. The summed E-state index contributed by atoms with van der Waals surface area (Å²) in [4.78, 5) is 14.3. The highest BCUT2D eigenvalue weighted by Crippen LogP contribution is 2.23. The van der Waals surface area contributed by atoms with Gasteiger partial charge in [0, 0.05) is 24.3 Å². The summed E-state index contributed by atoms with van der Waals surface area (Å²) >= 11 is 0. The van der Waals surface area contributed by atoms with E-state index in [4.69, 9.17) is 11.1 Å². The van der Waals surface area contributed by atoms with Gasteiger partial charge >= 0.3 is 0 Å². The Bertz CT molecular complexity index is 856. The molecule has 5 N–H and O–H groups in total. The van der Waals surface area contributed by atoms with Gasteiger partial charge in [0.1, 0.15) is 0 Å². The van der Waals surface area contributed by atoms with Gasteiger partial charge in [-0.1, -0.05) is 30.3 Å². The highest BCUT2D eigenvalue weighted by molar-refractivity contribution is 6.04. The van der Waals surface area contributed by atoms with E-state index in [1.807, 2.05) is 60.5 Å². The predicted octanol–water partition coefficient (Wildman–Crippen LogP) is 2.68. The second-order valence-electron chi connectivity index (χ2n) is 6.89. The Morgan fingerprint density at radius 1 is 1.14 bits per heavy atom. The molecule has 0 atom stereocenters. The summed E-state index contributed by atoms with van der Waals surface area (Å²) in [6.07, 6.45) is 3.90. The van der Waals surface area contributed by atoms with Gasteiger partial charge < -0.3 is 21.3 Å². The molecule has 0 bridgehead atoms. The number of anilines is 1. The van der Waals surface area contributed by atoms with Crippen LogP contribution in [0.3, 0.4) is 0 Å². The first-order valence-corrected chi connectivity index (χ1v) is 9.50. The van der Waals surface area contributed by atoms with Crippen molar-refractivity contribution in [3.63, 3.8) is 0 Å². The van der Waals surface area contributed by atoms with Crippen molar-refractivity contribution in [2.45, 2.75) is 12.8 Å². The predicted molar refractivity (Wildman–Crippen MR) is 115 cm³/mol. The fourth-order valence-electron chi connectivity index (χ4n) is 3.21. The zero-order valence-electron chi connectivity index (χ0n) is 16.2. The molecule has 2 aromatic rings. The Kier molecular flexibility index (Phi) is 6.45. The summed E-state index contributed by atoms with van der Waals surface area (Å²) in [5, 5.41) is 13.6. The molecule has 28 heavy (non-hydrogen) atoms. The maximum atomic E-state index is 12.5. The standard InChI is InChI=1S/C22H27N5O/c1-25-13-10-16-2-8-20(9-3-16)26-21(28)19-6-4-17(5-7-19)18-11-14-27(15-12-18)22(23)24/h2-9,11,25H,10,12-15H2,1H3,(H3,23,24)(H,26,28). The molecule has 146 valence electrons. The molecule has 1 aliphatic rings. The fraction of sp³-hybridized carbons (Fsp3) is 0.273. The number of guanidine groups is 1. The second-order valence-corrected chi connectivity index (χ2v) is 6.89. The number of carbonyl (C=O) groups excluding carboxylic acids is 1. The van der Waals surface area contributed by atoms with E-state index in [9.17, 15) is 4.79 Å². The lowest BCUT2D eigenvalue weighted by atomic mass is 9.98. The van der Waals surface area contributed by atoms with Crippen molar-refractivity contribution in [3.05, 3.63) is 71.3 Å². The molecule has 3 rings (SSSR count). The van der Waals surface area contributed by atoms with Crippen molar-refractivity contribution in [2.75, 3.05) is 32.0 Å². The van der Waals surface area contributed by atoms with E-state index in [1.165, 1.54) is 11.1 Å². The number of amides is 1. The first-order chi connectivity index (χ1) is 13.6. The van der Waals surface area contributed by atoms with Crippen LogP contribution in [0, 0.1) is 5.41 Å². The van der Waals surface area contributed by atoms with Crippen LogP contribution in [0.2, 0.25) is 0 Å². The summed E-state index contributed by atoms with van der Waals surface area (Å²) in [6.45, 7) is 2.33. The van der Waals surface area contributed by atoms with Crippen LogP contribution in [-0.4, -0.2) is 43.4 Å². The minimum Gasteiger partial charge on any atom is -0.370 e. The molecule has 0 radical (unpaired) electrons.